The van der Waals surface area contributed by atoms with Crippen LogP contribution in [0.5, 0.6) is 5.88 Å². The molecule has 0 aromatic carbocycles. The maximum Gasteiger partial charge on any atom is 0.290 e. The van der Waals surface area contributed by atoms with Crippen LogP contribution in [0, 0.1) is 12.8 Å². The number of hydrogen-bond donors (Lipinski definition) is 0. The van der Waals surface area contributed by atoms with E-state index in [1.165, 1.54) is 16.0 Å². The summed E-state index contributed by atoms with van der Waals surface area (Å²) in [5.74, 6) is 1.33. The molecule has 1 aliphatic rings. The summed E-state index contributed by atoms with van der Waals surface area (Å²) < 4.78 is 9.05. The van der Waals surface area contributed by atoms with E-state index in [0.29, 0.717) is 30.0 Å². The number of aryl methyl sites for hydroxylation is 3. The molecule has 9 heteroatoms. The molecule has 3 aromatic heterocycles. The van der Waals surface area contributed by atoms with Crippen molar-refractivity contribution in [3.63, 3.8) is 0 Å². The molecule has 142 valence electrons. The van der Waals surface area contributed by atoms with Crippen LogP contribution in [0.2, 0.25) is 0 Å². The van der Waals surface area contributed by atoms with Gasteiger partial charge in [-0.25, -0.2) is 9.67 Å². The summed E-state index contributed by atoms with van der Waals surface area (Å²) >= 11 is 1.54. The van der Waals surface area contributed by atoms with Crippen molar-refractivity contribution in [1.82, 2.24) is 24.5 Å². The first-order valence-corrected chi connectivity index (χ1v) is 9.61. The standard InChI is InChI=1S/C18H22N6O2S/c1-11-19-9-17(27-11)23(3)15-8-16(21-24(4)18(15)25)26-10-12-7-13(12)14-5-6-22(2)20-14/h5-6,8-9,12-13H,7,10H2,1-4H3/t12-,13+/m1/s1. The van der Waals surface area contributed by atoms with Crippen LogP contribution in [0.1, 0.15) is 23.0 Å². The van der Waals surface area contributed by atoms with Crippen molar-refractivity contribution in [3.05, 3.63) is 45.6 Å². The molecule has 0 aliphatic heterocycles. The van der Waals surface area contributed by atoms with Crippen LogP contribution in [0.4, 0.5) is 10.7 Å². The molecule has 2 atom stereocenters. The Morgan fingerprint density at radius 3 is 2.85 bits per heavy atom. The lowest BCUT2D eigenvalue weighted by atomic mass is 10.2. The van der Waals surface area contributed by atoms with Gasteiger partial charge in [0.15, 0.2) is 0 Å². The number of ether oxygens (including phenoxy) is 1. The second-order valence-electron chi connectivity index (χ2n) is 6.90. The molecule has 4 rings (SSSR count). The molecule has 1 saturated carbocycles. The number of rotatable bonds is 6. The fraction of sp³-hybridized carbons (Fsp3) is 0.444. The first-order chi connectivity index (χ1) is 12.9. The lowest BCUT2D eigenvalue weighted by Crippen LogP contribution is -2.27. The first kappa shape index (κ1) is 17.7. The van der Waals surface area contributed by atoms with Gasteiger partial charge in [0, 0.05) is 45.2 Å². The van der Waals surface area contributed by atoms with E-state index in [1.807, 2.05) is 36.8 Å². The van der Waals surface area contributed by atoms with Gasteiger partial charge < -0.3 is 9.64 Å². The Labute approximate surface area is 161 Å². The minimum absolute atomic E-state index is 0.173. The number of hydrogen-bond acceptors (Lipinski definition) is 7. The molecular weight excluding hydrogens is 364 g/mol. The summed E-state index contributed by atoms with van der Waals surface area (Å²) in [6.45, 7) is 2.50. The van der Waals surface area contributed by atoms with Crippen LogP contribution in [0.3, 0.4) is 0 Å². The van der Waals surface area contributed by atoms with Crippen LogP contribution >= 0.6 is 11.3 Å². The highest BCUT2D eigenvalue weighted by molar-refractivity contribution is 7.15. The average molecular weight is 386 g/mol. The Morgan fingerprint density at radius 1 is 1.37 bits per heavy atom. The largest absolute Gasteiger partial charge is 0.476 e. The summed E-state index contributed by atoms with van der Waals surface area (Å²) in [7, 11) is 5.41. The Balaban J connectivity index is 1.47. The van der Waals surface area contributed by atoms with Crippen molar-refractivity contribution in [2.24, 2.45) is 20.0 Å². The van der Waals surface area contributed by atoms with Gasteiger partial charge in [-0.2, -0.15) is 5.10 Å². The van der Waals surface area contributed by atoms with E-state index in [4.69, 9.17) is 4.74 Å². The van der Waals surface area contributed by atoms with Crippen molar-refractivity contribution in [1.29, 1.82) is 0 Å². The van der Waals surface area contributed by atoms with Gasteiger partial charge in [0.05, 0.1) is 23.5 Å². The van der Waals surface area contributed by atoms with Crippen molar-refractivity contribution < 1.29 is 4.74 Å². The smallest absolute Gasteiger partial charge is 0.290 e. The highest BCUT2D eigenvalue weighted by atomic mass is 32.1. The van der Waals surface area contributed by atoms with E-state index in [2.05, 4.69) is 21.2 Å². The zero-order valence-corrected chi connectivity index (χ0v) is 16.6. The lowest BCUT2D eigenvalue weighted by Gasteiger charge is -2.17. The molecule has 0 spiro atoms. The summed E-state index contributed by atoms with van der Waals surface area (Å²) in [6.07, 6.45) is 4.79. The molecule has 0 radical (unpaired) electrons. The summed E-state index contributed by atoms with van der Waals surface area (Å²) in [5.41, 5.74) is 1.46. The second-order valence-corrected chi connectivity index (χ2v) is 8.11. The molecule has 0 bridgehead atoms. The van der Waals surface area contributed by atoms with Crippen LogP contribution in [0.15, 0.2) is 29.3 Å². The van der Waals surface area contributed by atoms with E-state index in [0.717, 1.165) is 22.1 Å². The molecule has 0 N–H and O–H groups in total. The van der Waals surface area contributed by atoms with E-state index in [1.54, 1.807) is 19.3 Å². The Hall–Kier alpha value is -2.68. The van der Waals surface area contributed by atoms with E-state index < -0.39 is 0 Å². The molecule has 3 aromatic rings. The van der Waals surface area contributed by atoms with Crippen LogP contribution < -0.4 is 15.2 Å². The molecule has 1 aliphatic carbocycles. The highest BCUT2D eigenvalue weighted by Gasteiger charge is 2.40. The zero-order valence-electron chi connectivity index (χ0n) is 15.8. The van der Waals surface area contributed by atoms with Crippen molar-refractivity contribution in [3.8, 4) is 5.88 Å². The highest BCUT2D eigenvalue weighted by Crippen LogP contribution is 2.46. The van der Waals surface area contributed by atoms with Crippen LogP contribution in [-0.4, -0.2) is 38.2 Å². The van der Waals surface area contributed by atoms with Crippen molar-refractivity contribution in [2.75, 3.05) is 18.6 Å². The van der Waals surface area contributed by atoms with Gasteiger partial charge in [-0.1, -0.05) is 0 Å². The average Bonchev–Trinajstić information content (AvgIpc) is 3.06. The van der Waals surface area contributed by atoms with Gasteiger partial charge in [0.1, 0.15) is 10.7 Å². The molecule has 1 fully saturated rings. The van der Waals surface area contributed by atoms with Crippen molar-refractivity contribution in [2.45, 2.75) is 19.3 Å². The molecule has 0 amide bonds. The Bertz CT molecular complexity index is 1020. The Kier molecular flexibility index (Phi) is 4.47. The third-order valence-electron chi connectivity index (χ3n) is 4.80. The summed E-state index contributed by atoms with van der Waals surface area (Å²) in [4.78, 5) is 18.6. The van der Waals surface area contributed by atoms with E-state index >= 15 is 0 Å². The molecule has 0 unspecified atom stereocenters. The number of thiazole rings is 1. The Morgan fingerprint density at radius 2 is 2.19 bits per heavy atom. The third-order valence-corrected chi connectivity index (χ3v) is 5.79. The van der Waals surface area contributed by atoms with Gasteiger partial charge >= 0.3 is 0 Å². The second kappa shape index (κ2) is 6.80. The molecule has 8 nitrogen and oxygen atoms in total. The van der Waals surface area contributed by atoms with Crippen LogP contribution in [-0.2, 0) is 14.1 Å². The zero-order chi connectivity index (χ0) is 19.1. The SMILES string of the molecule is Cc1ncc(N(C)c2cc(OC[C@H]3C[C@@H]3c3ccn(C)n3)nn(C)c2=O)s1. The molecule has 3 heterocycles. The van der Waals surface area contributed by atoms with Gasteiger partial charge in [-0.05, 0) is 19.4 Å². The van der Waals surface area contributed by atoms with E-state index in [-0.39, 0.29) is 5.56 Å². The first-order valence-electron chi connectivity index (χ1n) is 8.79. The van der Waals surface area contributed by atoms with Gasteiger partial charge in [-0.3, -0.25) is 9.48 Å². The maximum atomic E-state index is 12.5. The summed E-state index contributed by atoms with van der Waals surface area (Å²) in [5, 5.41) is 10.6. The molecule has 27 heavy (non-hydrogen) atoms. The van der Waals surface area contributed by atoms with Crippen LogP contribution in [0.25, 0.3) is 0 Å². The normalized spacial score (nSPS) is 18.5. The van der Waals surface area contributed by atoms with E-state index in [9.17, 15) is 4.79 Å². The summed E-state index contributed by atoms with van der Waals surface area (Å²) in [6, 6.07) is 3.76. The monoisotopic (exact) mass is 386 g/mol. The topological polar surface area (TPSA) is 78.1 Å². The minimum Gasteiger partial charge on any atom is -0.476 e. The maximum absolute atomic E-state index is 12.5. The predicted octanol–water partition coefficient (Wildman–Crippen LogP) is 2.23. The lowest BCUT2D eigenvalue weighted by molar-refractivity contribution is 0.278. The fourth-order valence-electron chi connectivity index (χ4n) is 3.12. The van der Waals surface area contributed by atoms with Gasteiger partial charge in [-0.15, -0.1) is 16.4 Å². The molecule has 0 saturated heterocycles. The van der Waals surface area contributed by atoms with Gasteiger partial charge in [0.25, 0.3) is 5.56 Å². The molecular formula is C18H22N6O2S. The number of aromatic nitrogens is 5. The van der Waals surface area contributed by atoms with Crippen molar-refractivity contribution >= 4 is 22.0 Å². The van der Waals surface area contributed by atoms with Gasteiger partial charge in [0.2, 0.25) is 5.88 Å². The predicted molar refractivity (Wildman–Crippen MR) is 104 cm³/mol. The third kappa shape index (κ3) is 3.59. The number of nitrogens with zero attached hydrogens (tertiary/aromatic N) is 6. The fourth-order valence-corrected chi connectivity index (χ4v) is 3.87. The quantitative estimate of drug-likeness (QED) is 0.646. The minimum atomic E-state index is -0.173. The number of anilines is 2.